The van der Waals surface area contributed by atoms with E-state index in [1.54, 1.807) is 0 Å². The monoisotopic (exact) mass is 176 g/mol. The summed E-state index contributed by atoms with van der Waals surface area (Å²) in [6, 6.07) is 0. The molecule has 0 spiro atoms. The minimum atomic E-state index is 0.156. The molecule has 1 aliphatic rings. The number of nitrogens with zero attached hydrogens (tertiary/aromatic N) is 1. The first-order valence-electron chi connectivity index (χ1n) is 3.89. The number of amides is 1. The van der Waals surface area contributed by atoms with Gasteiger partial charge in [0.15, 0.2) is 0 Å². The van der Waals surface area contributed by atoms with Crippen LogP contribution in [0.2, 0.25) is 0 Å². The lowest BCUT2D eigenvalue weighted by Gasteiger charge is -2.24. The Hall–Kier alpha value is -0.140. The highest BCUT2D eigenvalue weighted by atomic mass is 31.0. The van der Waals surface area contributed by atoms with Crippen molar-refractivity contribution in [2.24, 2.45) is 0 Å². The van der Waals surface area contributed by atoms with Crippen LogP contribution in [0.25, 0.3) is 0 Å². The number of nitrogens with one attached hydrogen (secondary N) is 1. The van der Waals surface area contributed by atoms with E-state index in [4.69, 9.17) is 0 Å². The number of rotatable bonds is 1. The van der Waals surface area contributed by atoms with Crippen LogP contribution >= 0.6 is 9.24 Å². The lowest BCUT2D eigenvalue weighted by molar-refractivity contribution is -0.124. The van der Waals surface area contributed by atoms with Crippen molar-refractivity contribution in [3.8, 4) is 0 Å². The Morgan fingerprint density at radius 3 is 2.64 bits per heavy atom. The summed E-state index contributed by atoms with van der Waals surface area (Å²) in [6.07, 6.45) is 0. The second-order valence-corrected chi connectivity index (χ2v) is 2.22. The summed E-state index contributed by atoms with van der Waals surface area (Å²) in [4.78, 5) is 12.8. The van der Waals surface area contributed by atoms with Crippen LogP contribution in [0, 0.1) is 0 Å². The smallest absolute Gasteiger partial charge is 0.234 e. The van der Waals surface area contributed by atoms with E-state index in [-0.39, 0.29) is 5.91 Å². The van der Waals surface area contributed by atoms with Crippen molar-refractivity contribution in [3.63, 3.8) is 0 Å². The van der Waals surface area contributed by atoms with E-state index in [1.807, 2.05) is 6.66 Å². The molecule has 1 aliphatic heterocycles. The van der Waals surface area contributed by atoms with Crippen molar-refractivity contribution in [1.29, 1.82) is 0 Å². The summed E-state index contributed by atoms with van der Waals surface area (Å²) < 4.78 is 0. The van der Waals surface area contributed by atoms with E-state index in [0.717, 1.165) is 19.6 Å². The molecule has 1 rings (SSSR count). The average Bonchev–Trinajstić information content (AvgIpc) is 2.08. The summed E-state index contributed by atoms with van der Waals surface area (Å²) in [7, 11) is 2.42. The van der Waals surface area contributed by atoms with Crippen molar-refractivity contribution in [2.75, 3.05) is 32.8 Å². The topological polar surface area (TPSA) is 32.3 Å². The summed E-state index contributed by atoms with van der Waals surface area (Å²) in [5.41, 5.74) is 0. The SMILES string of the molecule is CCN1CCNC(=O)C1.CP. The quantitative estimate of drug-likeness (QED) is 0.567. The van der Waals surface area contributed by atoms with Crippen LogP contribution in [-0.2, 0) is 4.79 Å². The van der Waals surface area contributed by atoms with Crippen LogP contribution in [0.15, 0.2) is 0 Å². The van der Waals surface area contributed by atoms with Gasteiger partial charge >= 0.3 is 0 Å². The number of piperazine rings is 1. The van der Waals surface area contributed by atoms with Crippen LogP contribution in [0.3, 0.4) is 0 Å². The van der Waals surface area contributed by atoms with Gasteiger partial charge in [-0.3, -0.25) is 9.69 Å². The highest BCUT2D eigenvalue weighted by Gasteiger charge is 2.12. The first kappa shape index (κ1) is 10.9. The lowest BCUT2D eigenvalue weighted by atomic mass is 10.3. The van der Waals surface area contributed by atoms with E-state index >= 15 is 0 Å². The van der Waals surface area contributed by atoms with Gasteiger partial charge in [-0.15, -0.1) is 9.24 Å². The molecule has 4 heteroatoms. The van der Waals surface area contributed by atoms with Gasteiger partial charge in [-0.25, -0.2) is 0 Å². The first-order valence-corrected chi connectivity index (χ1v) is 5.05. The average molecular weight is 176 g/mol. The molecule has 1 saturated heterocycles. The number of hydrogen-bond acceptors (Lipinski definition) is 2. The number of carbonyl (C=O) groups is 1. The van der Waals surface area contributed by atoms with Gasteiger partial charge in [-0.05, 0) is 6.54 Å². The van der Waals surface area contributed by atoms with Gasteiger partial charge in [-0.2, -0.15) is 0 Å². The van der Waals surface area contributed by atoms with Crippen LogP contribution in [0.1, 0.15) is 6.92 Å². The molecule has 0 aromatic rings. The molecule has 0 aliphatic carbocycles. The minimum absolute atomic E-state index is 0.156. The zero-order valence-corrected chi connectivity index (χ0v) is 8.42. The summed E-state index contributed by atoms with van der Waals surface area (Å²) in [5.74, 6) is 0.156. The van der Waals surface area contributed by atoms with Gasteiger partial charge in [0.1, 0.15) is 0 Å². The molecule has 0 aromatic carbocycles. The molecule has 1 atom stereocenters. The van der Waals surface area contributed by atoms with E-state index in [2.05, 4.69) is 26.4 Å². The molecule has 11 heavy (non-hydrogen) atoms. The van der Waals surface area contributed by atoms with Gasteiger partial charge in [-0.1, -0.05) is 13.6 Å². The fourth-order valence-corrected chi connectivity index (χ4v) is 0.961. The Bertz CT molecular complexity index is 119. The summed E-state index contributed by atoms with van der Waals surface area (Å²) >= 11 is 0. The molecule has 0 bridgehead atoms. The molecular weight excluding hydrogens is 159 g/mol. The Kier molecular flexibility index (Phi) is 6.48. The van der Waals surface area contributed by atoms with Crippen LogP contribution in [0.4, 0.5) is 0 Å². The maximum Gasteiger partial charge on any atom is 0.234 e. The largest absolute Gasteiger partial charge is 0.354 e. The minimum Gasteiger partial charge on any atom is -0.354 e. The van der Waals surface area contributed by atoms with Crippen LogP contribution < -0.4 is 5.32 Å². The number of likely N-dealkylation sites (N-methyl/N-ethyl adjacent to an activating group) is 1. The second kappa shape index (κ2) is 6.56. The lowest BCUT2D eigenvalue weighted by Crippen LogP contribution is -2.47. The zero-order chi connectivity index (χ0) is 8.69. The van der Waals surface area contributed by atoms with E-state index in [1.165, 1.54) is 0 Å². The molecular formula is C7H17N2OP. The molecule has 1 amide bonds. The summed E-state index contributed by atoms with van der Waals surface area (Å²) in [6.45, 7) is 7.36. The van der Waals surface area contributed by atoms with Crippen molar-refractivity contribution in [1.82, 2.24) is 10.2 Å². The van der Waals surface area contributed by atoms with E-state index in [0.29, 0.717) is 6.54 Å². The van der Waals surface area contributed by atoms with Crippen molar-refractivity contribution >= 4 is 15.1 Å². The predicted molar refractivity (Wildman–Crippen MR) is 50.8 cm³/mol. The zero-order valence-electron chi connectivity index (χ0n) is 7.26. The third kappa shape index (κ3) is 4.33. The first-order chi connectivity index (χ1) is 5.33. The van der Waals surface area contributed by atoms with Gasteiger partial charge < -0.3 is 5.32 Å². The molecule has 0 saturated carbocycles. The predicted octanol–water partition coefficient (Wildman–Crippen LogP) is -0.0706. The Morgan fingerprint density at radius 2 is 2.27 bits per heavy atom. The third-order valence-electron chi connectivity index (χ3n) is 1.56. The van der Waals surface area contributed by atoms with Gasteiger partial charge in [0, 0.05) is 13.1 Å². The van der Waals surface area contributed by atoms with E-state index in [9.17, 15) is 4.79 Å². The normalized spacial score (nSPS) is 18.3. The Labute approximate surface area is 70.7 Å². The van der Waals surface area contributed by atoms with Gasteiger partial charge in [0.2, 0.25) is 5.91 Å². The van der Waals surface area contributed by atoms with Crippen molar-refractivity contribution < 1.29 is 4.79 Å². The Morgan fingerprint density at radius 1 is 1.64 bits per heavy atom. The van der Waals surface area contributed by atoms with Crippen LogP contribution in [0.5, 0.6) is 0 Å². The molecule has 1 N–H and O–H groups in total. The Balaban J connectivity index is 0.000000461. The van der Waals surface area contributed by atoms with Gasteiger partial charge in [0.05, 0.1) is 6.54 Å². The fraction of sp³-hybridized carbons (Fsp3) is 0.857. The van der Waals surface area contributed by atoms with Gasteiger partial charge in [0.25, 0.3) is 0 Å². The van der Waals surface area contributed by atoms with Crippen LogP contribution in [-0.4, -0.2) is 43.7 Å². The molecule has 1 heterocycles. The standard InChI is InChI=1S/C6H12N2O.CH5P/c1-2-8-4-3-7-6(9)5-8;1-2/h2-5H2,1H3,(H,7,9);2H2,1H3. The molecule has 66 valence electrons. The highest BCUT2D eigenvalue weighted by molar-refractivity contribution is 7.15. The molecule has 0 aromatic heterocycles. The maximum atomic E-state index is 10.7. The third-order valence-corrected chi connectivity index (χ3v) is 1.56. The second-order valence-electron chi connectivity index (χ2n) is 2.22. The number of hydrogen-bond donors (Lipinski definition) is 1. The van der Waals surface area contributed by atoms with Crippen molar-refractivity contribution in [2.45, 2.75) is 6.92 Å². The highest BCUT2D eigenvalue weighted by Crippen LogP contribution is 1.90. The number of carbonyl (C=O) groups excluding carboxylic acids is 1. The molecule has 1 fully saturated rings. The van der Waals surface area contributed by atoms with E-state index < -0.39 is 0 Å². The maximum absolute atomic E-state index is 10.7. The van der Waals surface area contributed by atoms with Crippen molar-refractivity contribution in [3.05, 3.63) is 0 Å². The fourth-order valence-electron chi connectivity index (χ4n) is 0.961. The molecule has 0 radical (unpaired) electrons. The summed E-state index contributed by atoms with van der Waals surface area (Å²) in [5, 5.41) is 2.77. The molecule has 1 unspecified atom stereocenters. The molecule has 3 nitrogen and oxygen atoms in total.